The molecular weight excluding hydrogens is 202 g/mol. The Labute approximate surface area is 92.1 Å². The predicted octanol–water partition coefficient (Wildman–Crippen LogP) is 2.71. The van der Waals surface area contributed by atoms with Gasteiger partial charge in [0, 0.05) is 16.6 Å². The largest absolute Gasteiger partial charge is 0.472 e. The molecule has 0 spiro atoms. The third-order valence-corrected chi connectivity index (χ3v) is 2.69. The molecule has 3 aromatic rings. The van der Waals surface area contributed by atoms with Crippen LogP contribution in [0.2, 0.25) is 0 Å². The Morgan fingerprint density at radius 2 is 2.25 bits per heavy atom. The van der Waals surface area contributed by atoms with Crippen LogP contribution < -0.4 is 5.73 Å². The highest BCUT2D eigenvalue weighted by molar-refractivity contribution is 5.96. The van der Waals surface area contributed by atoms with Gasteiger partial charge in [-0.25, -0.2) is 0 Å². The summed E-state index contributed by atoms with van der Waals surface area (Å²) < 4.78 is 5.06. The van der Waals surface area contributed by atoms with Gasteiger partial charge in [0.2, 0.25) is 0 Å². The van der Waals surface area contributed by atoms with E-state index >= 15 is 0 Å². The Morgan fingerprint density at radius 3 is 3.00 bits per heavy atom. The highest BCUT2D eigenvalue weighted by atomic mass is 16.3. The first kappa shape index (κ1) is 9.03. The van der Waals surface area contributed by atoms with Crippen LogP contribution >= 0.6 is 0 Å². The molecule has 2 heterocycles. The van der Waals surface area contributed by atoms with E-state index < -0.39 is 0 Å². The van der Waals surface area contributed by atoms with E-state index in [0.717, 1.165) is 33.4 Å². The Kier molecular flexibility index (Phi) is 1.77. The molecule has 3 rings (SSSR count). The van der Waals surface area contributed by atoms with Crippen molar-refractivity contribution in [2.45, 2.75) is 6.92 Å². The van der Waals surface area contributed by atoms with Gasteiger partial charge < -0.3 is 10.2 Å². The number of benzene rings is 1. The highest BCUT2D eigenvalue weighted by Crippen LogP contribution is 2.29. The van der Waals surface area contributed by atoms with Crippen LogP contribution in [0.5, 0.6) is 0 Å². The molecule has 3 N–H and O–H groups in total. The van der Waals surface area contributed by atoms with Gasteiger partial charge in [-0.2, -0.15) is 5.10 Å². The van der Waals surface area contributed by atoms with E-state index in [-0.39, 0.29) is 0 Å². The lowest BCUT2D eigenvalue weighted by molar-refractivity contribution is 0.568. The highest BCUT2D eigenvalue weighted by Gasteiger charge is 2.11. The summed E-state index contributed by atoms with van der Waals surface area (Å²) in [7, 11) is 0. The Morgan fingerprint density at radius 1 is 1.38 bits per heavy atom. The quantitative estimate of drug-likeness (QED) is 0.611. The average molecular weight is 213 g/mol. The van der Waals surface area contributed by atoms with E-state index in [0.29, 0.717) is 0 Å². The zero-order valence-corrected chi connectivity index (χ0v) is 8.82. The minimum atomic E-state index is 0.746. The monoisotopic (exact) mass is 213 g/mol. The van der Waals surface area contributed by atoms with Crippen LogP contribution in [0.1, 0.15) is 5.56 Å². The topological polar surface area (TPSA) is 67.8 Å². The summed E-state index contributed by atoms with van der Waals surface area (Å²) in [6, 6.07) is 5.74. The van der Waals surface area contributed by atoms with Gasteiger partial charge in [-0.1, -0.05) is 0 Å². The summed E-state index contributed by atoms with van der Waals surface area (Å²) in [5.74, 6) is 0. The van der Waals surface area contributed by atoms with Gasteiger partial charge in [0.05, 0.1) is 18.0 Å². The maximum absolute atomic E-state index is 5.84. The van der Waals surface area contributed by atoms with Crippen molar-refractivity contribution >= 4 is 16.6 Å². The summed E-state index contributed by atoms with van der Waals surface area (Å²) in [6.07, 6.45) is 3.31. The molecule has 0 aliphatic rings. The fourth-order valence-corrected chi connectivity index (χ4v) is 1.94. The molecule has 0 aliphatic carbocycles. The van der Waals surface area contributed by atoms with Crippen LogP contribution in [0, 0.1) is 6.92 Å². The van der Waals surface area contributed by atoms with Crippen molar-refractivity contribution in [2.75, 3.05) is 5.73 Å². The Hall–Kier alpha value is -2.23. The standard InChI is InChI=1S/C12H11N3O/c1-7-4-9(13)5-10-11(7)14-15-12(10)8-2-3-16-6-8/h2-6H,13H2,1H3,(H,14,15). The van der Waals surface area contributed by atoms with Gasteiger partial charge in [0.15, 0.2) is 0 Å². The minimum Gasteiger partial charge on any atom is -0.472 e. The van der Waals surface area contributed by atoms with E-state index in [9.17, 15) is 0 Å². The lowest BCUT2D eigenvalue weighted by Gasteiger charge is -1.99. The van der Waals surface area contributed by atoms with Crippen LogP contribution in [-0.2, 0) is 0 Å². The molecule has 0 fully saturated rings. The summed E-state index contributed by atoms with van der Waals surface area (Å²) in [5.41, 5.74) is 10.5. The molecule has 0 saturated heterocycles. The fraction of sp³-hybridized carbons (Fsp3) is 0.0833. The van der Waals surface area contributed by atoms with Crippen LogP contribution in [-0.4, -0.2) is 10.2 Å². The van der Waals surface area contributed by atoms with Crippen LogP contribution in [0.4, 0.5) is 5.69 Å². The molecule has 16 heavy (non-hydrogen) atoms. The molecule has 0 amide bonds. The second-order valence-corrected chi connectivity index (χ2v) is 3.84. The number of anilines is 1. The molecule has 0 bridgehead atoms. The maximum atomic E-state index is 5.84. The molecule has 0 atom stereocenters. The van der Waals surface area contributed by atoms with E-state index in [4.69, 9.17) is 10.2 Å². The molecule has 80 valence electrons. The number of aryl methyl sites for hydroxylation is 1. The molecule has 4 nitrogen and oxygen atoms in total. The van der Waals surface area contributed by atoms with Crippen LogP contribution in [0.15, 0.2) is 35.1 Å². The molecule has 0 radical (unpaired) electrons. The first-order chi connectivity index (χ1) is 7.75. The zero-order valence-electron chi connectivity index (χ0n) is 8.82. The molecule has 2 aromatic heterocycles. The van der Waals surface area contributed by atoms with Gasteiger partial charge in [-0.15, -0.1) is 0 Å². The van der Waals surface area contributed by atoms with E-state index in [1.807, 2.05) is 25.1 Å². The Bertz CT molecular complexity index is 638. The minimum absolute atomic E-state index is 0.746. The van der Waals surface area contributed by atoms with Gasteiger partial charge in [-0.3, -0.25) is 5.10 Å². The molecule has 0 aliphatic heterocycles. The Balaban J connectivity index is 2.35. The fourth-order valence-electron chi connectivity index (χ4n) is 1.94. The third kappa shape index (κ3) is 1.20. The zero-order chi connectivity index (χ0) is 11.1. The molecule has 4 heteroatoms. The number of nitrogen functional groups attached to an aromatic ring is 1. The second-order valence-electron chi connectivity index (χ2n) is 3.84. The molecule has 0 saturated carbocycles. The number of rotatable bonds is 1. The smallest absolute Gasteiger partial charge is 0.103 e. The molecule has 0 unspecified atom stereocenters. The summed E-state index contributed by atoms with van der Waals surface area (Å²) >= 11 is 0. The van der Waals surface area contributed by atoms with Gasteiger partial charge >= 0.3 is 0 Å². The van der Waals surface area contributed by atoms with Crippen molar-refractivity contribution < 1.29 is 4.42 Å². The summed E-state index contributed by atoms with van der Waals surface area (Å²) in [5, 5.41) is 8.35. The SMILES string of the molecule is Cc1cc(N)cc2c(-c3ccoc3)n[nH]c12. The number of furan rings is 1. The average Bonchev–Trinajstić information content (AvgIpc) is 2.83. The number of aromatic amines is 1. The van der Waals surface area contributed by atoms with Crippen molar-refractivity contribution in [3.05, 3.63) is 36.3 Å². The number of hydrogen-bond acceptors (Lipinski definition) is 3. The van der Waals surface area contributed by atoms with Crippen molar-refractivity contribution in [3.63, 3.8) is 0 Å². The van der Waals surface area contributed by atoms with Crippen LogP contribution in [0.25, 0.3) is 22.2 Å². The first-order valence-corrected chi connectivity index (χ1v) is 5.02. The lowest BCUT2D eigenvalue weighted by Crippen LogP contribution is -1.86. The first-order valence-electron chi connectivity index (χ1n) is 5.02. The van der Waals surface area contributed by atoms with E-state index in [1.165, 1.54) is 0 Å². The van der Waals surface area contributed by atoms with Crippen LogP contribution in [0.3, 0.4) is 0 Å². The third-order valence-electron chi connectivity index (χ3n) is 2.69. The number of fused-ring (bicyclic) bond motifs is 1. The second kappa shape index (κ2) is 3.13. The van der Waals surface area contributed by atoms with Gasteiger partial charge in [0.1, 0.15) is 5.69 Å². The summed E-state index contributed by atoms with van der Waals surface area (Å²) in [6.45, 7) is 2.01. The normalized spacial score (nSPS) is 11.1. The maximum Gasteiger partial charge on any atom is 0.103 e. The lowest BCUT2D eigenvalue weighted by atomic mass is 10.1. The predicted molar refractivity (Wildman–Crippen MR) is 62.9 cm³/mol. The van der Waals surface area contributed by atoms with Crippen molar-refractivity contribution in [1.29, 1.82) is 0 Å². The number of nitrogens with zero attached hydrogens (tertiary/aromatic N) is 1. The van der Waals surface area contributed by atoms with Crippen molar-refractivity contribution in [3.8, 4) is 11.3 Å². The number of H-pyrrole nitrogens is 1. The number of hydrogen-bond donors (Lipinski definition) is 2. The van der Waals surface area contributed by atoms with Crippen molar-refractivity contribution in [1.82, 2.24) is 10.2 Å². The van der Waals surface area contributed by atoms with Gasteiger partial charge in [0.25, 0.3) is 0 Å². The number of nitrogens with one attached hydrogen (secondary N) is 1. The molecule has 1 aromatic carbocycles. The summed E-state index contributed by atoms with van der Waals surface area (Å²) in [4.78, 5) is 0. The number of aromatic nitrogens is 2. The number of nitrogens with two attached hydrogens (primary N) is 1. The van der Waals surface area contributed by atoms with Gasteiger partial charge in [-0.05, 0) is 30.7 Å². The van der Waals surface area contributed by atoms with Crippen molar-refractivity contribution in [2.24, 2.45) is 0 Å². The van der Waals surface area contributed by atoms with E-state index in [2.05, 4.69) is 10.2 Å². The molecular formula is C12H11N3O. The van der Waals surface area contributed by atoms with E-state index in [1.54, 1.807) is 12.5 Å².